The fraction of sp³-hybridized carbons (Fsp3) is 0.391. The highest BCUT2D eigenvalue weighted by molar-refractivity contribution is 7.90. The first-order valence-corrected chi connectivity index (χ1v) is 12.1. The smallest absolute Gasteiger partial charge is 0.269 e. The van der Waals surface area contributed by atoms with Gasteiger partial charge in [0.1, 0.15) is 5.75 Å². The summed E-state index contributed by atoms with van der Waals surface area (Å²) in [6.07, 6.45) is 5.58. The summed E-state index contributed by atoms with van der Waals surface area (Å²) in [5, 5.41) is 2.92. The fourth-order valence-corrected chi connectivity index (χ4v) is 6.17. The van der Waals surface area contributed by atoms with E-state index < -0.39 is 11.4 Å². The number of piperidine rings is 1. The van der Waals surface area contributed by atoms with E-state index in [0.29, 0.717) is 24.3 Å². The molecule has 2 saturated heterocycles. The summed E-state index contributed by atoms with van der Waals surface area (Å²) in [4.78, 5) is 30.4. The number of nitrogens with one attached hydrogen (secondary N) is 2. The molecule has 2 amide bonds. The third-order valence-electron chi connectivity index (χ3n) is 6.73. The van der Waals surface area contributed by atoms with Crippen LogP contribution in [0.15, 0.2) is 30.5 Å². The second kappa shape index (κ2) is 7.25. The molecule has 0 bridgehead atoms. The van der Waals surface area contributed by atoms with Crippen LogP contribution < -0.4 is 5.32 Å². The van der Waals surface area contributed by atoms with Gasteiger partial charge >= 0.3 is 0 Å². The molecule has 1 aromatic carbocycles. The fourth-order valence-electron chi connectivity index (χ4n) is 4.99. The van der Waals surface area contributed by atoms with Gasteiger partial charge in [-0.3, -0.25) is 14.5 Å². The molecule has 2 unspecified atom stereocenters. The Balaban J connectivity index is 1.22. The van der Waals surface area contributed by atoms with Crippen molar-refractivity contribution in [2.24, 2.45) is 11.8 Å². The summed E-state index contributed by atoms with van der Waals surface area (Å²) in [6, 6.07) is 7.76. The van der Waals surface area contributed by atoms with E-state index in [-0.39, 0.29) is 11.8 Å². The molecule has 0 spiro atoms. The molecule has 1 aliphatic carbocycles. The predicted molar refractivity (Wildman–Crippen MR) is 119 cm³/mol. The van der Waals surface area contributed by atoms with Crippen LogP contribution in [0.1, 0.15) is 35.2 Å². The molecule has 160 valence electrons. The lowest BCUT2D eigenvalue weighted by molar-refractivity contribution is -0.125. The van der Waals surface area contributed by atoms with Gasteiger partial charge in [-0.1, -0.05) is 6.07 Å². The van der Waals surface area contributed by atoms with Gasteiger partial charge in [0, 0.05) is 48.3 Å². The molecule has 7 nitrogen and oxygen atoms in total. The molecular weight excluding hydrogens is 412 g/mol. The zero-order chi connectivity index (χ0) is 21.1. The molecule has 1 saturated carbocycles. The van der Waals surface area contributed by atoms with Gasteiger partial charge in [-0.15, -0.1) is 0 Å². The van der Waals surface area contributed by atoms with E-state index in [1.165, 1.54) is 23.8 Å². The van der Waals surface area contributed by atoms with E-state index in [0.717, 1.165) is 46.5 Å². The van der Waals surface area contributed by atoms with Crippen molar-refractivity contribution < 1.29 is 14.1 Å². The number of nitrogens with zero attached hydrogens (tertiary/aromatic N) is 2. The van der Waals surface area contributed by atoms with Crippen molar-refractivity contribution in [2.75, 3.05) is 24.2 Å². The summed E-state index contributed by atoms with van der Waals surface area (Å²) < 4.78 is 13.5. The maximum absolute atomic E-state index is 12.6. The highest BCUT2D eigenvalue weighted by Crippen LogP contribution is 2.45. The van der Waals surface area contributed by atoms with E-state index >= 15 is 0 Å². The molecule has 8 heteroatoms. The third-order valence-corrected chi connectivity index (χ3v) is 8.11. The Kier molecular flexibility index (Phi) is 4.48. The first kappa shape index (κ1) is 19.2. The van der Waals surface area contributed by atoms with Crippen LogP contribution in [0.3, 0.4) is 0 Å². The maximum atomic E-state index is 12.6. The number of amides is 2. The number of fused-ring (bicyclic) bond motifs is 2. The predicted octanol–water partition coefficient (Wildman–Crippen LogP) is 2.36. The van der Waals surface area contributed by atoms with Gasteiger partial charge in [0.2, 0.25) is 0 Å². The molecule has 3 atom stereocenters. The van der Waals surface area contributed by atoms with E-state index in [2.05, 4.69) is 21.3 Å². The number of H-pyrrole nitrogens is 1. The lowest BCUT2D eigenvalue weighted by Gasteiger charge is -2.17. The highest BCUT2D eigenvalue weighted by atomic mass is 32.2. The van der Waals surface area contributed by atoms with E-state index in [1.807, 2.05) is 30.5 Å². The molecule has 4 heterocycles. The minimum Gasteiger partial charge on any atom is -0.593 e. The SMILES string of the molecule is O=C1Nc2ccc(CN3C(=O)CC[S+]3[O-])cc2C1=Cc1c[nH]c(CN2CC3C[C@@H]3C2)c1. The van der Waals surface area contributed by atoms with Crippen LogP contribution in [0.25, 0.3) is 11.6 Å². The summed E-state index contributed by atoms with van der Waals surface area (Å²) >= 11 is -1.26. The Morgan fingerprint density at radius 2 is 2.00 bits per heavy atom. The molecule has 2 aromatic rings. The van der Waals surface area contributed by atoms with Crippen LogP contribution in [-0.2, 0) is 34.0 Å². The Bertz CT molecular complexity index is 1100. The lowest BCUT2D eigenvalue weighted by Crippen LogP contribution is -2.29. The number of aromatic amines is 1. The Morgan fingerprint density at radius 1 is 1.16 bits per heavy atom. The summed E-state index contributed by atoms with van der Waals surface area (Å²) in [5.41, 5.74) is 5.20. The zero-order valence-electron chi connectivity index (χ0n) is 17.1. The minimum absolute atomic E-state index is 0.0843. The van der Waals surface area contributed by atoms with Crippen LogP contribution >= 0.6 is 0 Å². The summed E-state index contributed by atoms with van der Waals surface area (Å²) in [5.74, 6) is 2.01. The van der Waals surface area contributed by atoms with E-state index in [4.69, 9.17) is 0 Å². The minimum atomic E-state index is -1.26. The number of benzene rings is 1. The average Bonchev–Trinajstić information content (AvgIpc) is 3.10. The van der Waals surface area contributed by atoms with Gasteiger partial charge < -0.3 is 14.9 Å². The van der Waals surface area contributed by atoms with Crippen LogP contribution in [0.4, 0.5) is 5.69 Å². The van der Waals surface area contributed by atoms with Crippen molar-refractivity contribution in [3.63, 3.8) is 0 Å². The van der Waals surface area contributed by atoms with Crippen LogP contribution in [0.2, 0.25) is 0 Å². The normalized spacial score (nSPS) is 28.4. The molecule has 0 radical (unpaired) electrons. The zero-order valence-corrected chi connectivity index (χ0v) is 17.9. The molecule has 6 rings (SSSR count). The summed E-state index contributed by atoms with van der Waals surface area (Å²) in [7, 11) is 0. The Hall–Kier alpha value is -2.55. The number of hydrogen-bond donors (Lipinski definition) is 2. The van der Waals surface area contributed by atoms with Crippen LogP contribution in [-0.4, -0.2) is 49.4 Å². The summed E-state index contributed by atoms with van der Waals surface area (Å²) in [6.45, 7) is 3.61. The average molecular weight is 437 g/mol. The monoisotopic (exact) mass is 436 g/mol. The Labute approximate surface area is 183 Å². The van der Waals surface area contributed by atoms with E-state index in [1.54, 1.807) is 0 Å². The number of likely N-dealkylation sites (tertiary alicyclic amines) is 1. The van der Waals surface area contributed by atoms with Crippen molar-refractivity contribution >= 4 is 40.5 Å². The number of anilines is 1. The first-order chi connectivity index (χ1) is 15.0. The van der Waals surface area contributed by atoms with Crippen molar-refractivity contribution in [3.8, 4) is 0 Å². The molecule has 2 N–H and O–H groups in total. The van der Waals surface area contributed by atoms with Crippen molar-refractivity contribution in [3.05, 3.63) is 52.8 Å². The van der Waals surface area contributed by atoms with Gasteiger partial charge in [0.25, 0.3) is 11.8 Å². The van der Waals surface area contributed by atoms with Gasteiger partial charge in [0.05, 0.1) is 24.3 Å². The first-order valence-electron chi connectivity index (χ1n) is 10.8. The standard InChI is InChI=1S/C23H24N4O3S/c28-22-3-4-31(30)27(22)10-14-1-2-21-19(6-14)20(23(29)25-21)7-15-5-18(24-9-15)13-26-11-16-8-17(16)12-26/h1-2,5-7,9,16-17,24H,3-4,8,10-13H2,(H,25,29)/t16-,17?,31?/m1/s1. The van der Waals surface area contributed by atoms with Crippen molar-refractivity contribution in [2.45, 2.75) is 25.9 Å². The number of carbonyl (C=O) groups is 2. The molecule has 3 aliphatic heterocycles. The second-order valence-electron chi connectivity index (χ2n) is 9.01. The number of rotatable bonds is 5. The van der Waals surface area contributed by atoms with Crippen molar-refractivity contribution in [1.29, 1.82) is 0 Å². The third kappa shape index (κ3) is 3.58. The Morgan fingerprint density at radius 3 is 2.77 bits per heavy atom. The van der Waals surface area contributed by atoms with Gasteiger partial charge in [-0.05, 0) is 53.7 Å². The van der Waals surface area contributed by atoms with Gasteiger partial charge in [0.15, 0.2) is 0 Å². The van der Waals surface area contributed by atoms with Crippen LogP contribution in [0.5, 0.6) is 0 Å². The molecular formula is C23H24N4O3S. The number of aromatic nitrogens is 1. The number of hydrogen-bond acceptors (Lipinski definition) is 4. The lowest BCUT2D eigenvalue weighted by atomic mass is 10.0. The van der Waals surface area contributed by atoms with Crippen molar-refractivity contribution in [1.82, 2.24) is 14.2 Å². The van der Waals surface area contributed by atoms with Gasteiger partial charge in [-0.25, -0.2) is 0 Å². The quantitative estimate of drug-likeness (QED) is 0.556. The maximum Gasteiger partial charge on any atom is 0.269 e. The highest BCUT2D eigenvalue weighted by Gasteiger charge is 2.44. The molecule has 31 heavy (non-hydrogen) atoms. The second-order valence-corrected chi connectivity index (χ2v) is 10.5. The molecule has 4 aliphatic rings. The van der Waals surface area contributed by atoms with E-state index in [9.17, 15) is 14.1 Å². The molecule has 1 aromatic heterocycles. The topological polar surface area (TPSA) is 91.5 Å². The van der Waals surface area contributed by atoms with Gasteiger partial charge in [-0.2, -0.15) is 4.31 Å². The molecule has 3 fully saturated rings. The largest absolute Gasteiger partial charge is 0.593 e. The number of carbonyl (C=O) groups excluding carboxylic acids is 2. The van der Waals surface area contributed by atoms with Crippen LogP contribution in [0, 0.1) is 11.8 Å².